The molecule has 1 aromatic rings. The number of nitrogens with zero attached hydrogens (tertiary/aromatic N) is 2. The fraction of sp³-hybridized carbons (Fsp3) is 0.680. The molecule has 0 radical (unpaired) electrons. The van der Waals surface area contributed by atoms with Crippen molar-refractivity contribution >= 4 is 16.1 Å². The van der Waals surface area contributed by atoms with E-state index in [-0.39, 0.29) is 35.9 Å². The second-order valence-electron chi connectivity index (χ2n) is 11.4. The number of rotatable bonds is 7. The average Bonchev–Trinajstić information content (AvgIpc) is 3.55. The molecule has 6 aliphatic rings. The molecule has 7 rings (SSSR count). The molecule has 182 valence electrons. The summed E-state index contributed by atoms with van der Waals surface area (Å²) in [5, 5.41) is 8.85. The third-order valence-corrected chi connectivity index (χ3v) is 10.1. The van der Waals surface area contributed by atoms with Gasteiger partial charge in [-0.25, -0.2) is 9.11 Å². The van der Waals surface area contributed by atoms with Gasteiger partial charge in [-0.15, -0.1) is 0 Å². The first-order valence-corrected chi connectivity index (χ1v) is 13.9. The number of hydrogen-bond donors (Lipinski definition) is 1. The van der Waals surface area contributed by atoms with Gasteiger partial charge in [-0.05, 0) is 86.7 Å². The van der Waals surface area contributed by atoms with Crippen molar-refractivity contribution < 1.29 is 22.3 Å². The first-order chi connectivity index (χ1) is 16.2. The number of amides is 1. The average molecular weight is 488 g/mol. The highest BCUT2D eigenvalue weighted by molar-refractivity contribution is 7.87. The van der Waals surface area contributed by atoms with E-state index in [0.717, 1.165) is 40.5 Å². The Balaban J connectivity index is 1.19. The summed E-state index contributed by atoms with van der Waals surface area (Å²) in [6, 6.07) is 4.73. The van der Waals surface area contributed by atoms with Gasteiger partial charge in [0.05, 0.1) is 24.2 Å². The Morgan fingerprint density at radius 3 is 2.32 bits per heavy atom. The number of nitriles is 1. The lowest BCUT2D eigenvalue weighted by Gasteiger charge is -2.56. The van der Waals surface area contributed by atoms with Gasteiger partial charge in [0.1, 0.15) is 11.6 Å². The van der Waals surface area contributed by atoms with Crippen LogP contribution in [0.2, 0.25) is 0 Å². The zero-order valence-corrected chi connectivity index (χ0v) is 19.9. The van der Waals surface area contributed by atoms with Crippen molar-refractivity contribution in [3.8, 4) is 11.8 Å². The number of carbonyl (C=O) groups is 1. The van der Waals surface area contributed by atoms with Crippen molar-refractivity contribution in [2.45, 2.75) is 57.3 Å². The zero-order chi connectivity index (χ0) is 23.7. The van der Waals surface area contributed by atoms with E-state index < -0.39 is 21.9 Å². The topological polar surface area (TPSA) is 99.5 Å². The third-order valence-electron chi connectivity index (χ3n) is 8.65. The van der Waals surface area contributed by atoms with Gasteiger partial charge in [0.2, 0.25) is 0 Å². The second-order valence-corrected chi connectivity index (χ2v) is 13.1. The molecule has 1 aromatic carbocycles. The minimum absolute atomic E-state index is 0.0337. The maximum Gasteiger partial charge on any atom is 0.304 e. The van der Waals surface area contributed by atoms with Crippen LogP contribution < -0.4 is 9.46 Å². The molecule has 9 heteroatoms. The lowest BCUT2D eigenvalue weighted by Crippen LogP contribution is -2.54. The standard InChI is InChI=1S/C25H30FN3O4S/c26-22-7-23(33-14-25-8-15-3-16(9-25)5-17(4-15)10-25)20(19-1-2-19)6-21(22)24(30)28-34(31,32)29-12-18(11-27)13-29/h6-7,15-19H,1-5,8-10,12-14H2,(H,28,30). The number of hydrogen-bond acceptors (Lipinski definition) is 5. The van der Waals surface area contributed by atoms with Gasteiger partial charge in [0, 0.05) is 24.6 Å². The van der Waals surface area contributed by atoms with Crippen LogP contribution in [0, 0.1) is 46.2 Å². The van der Waals surface area contributed by atoms with Crippen LogP contribution in [0.3, 0.4) is 0 Å². The number of ether oxygens (including phenoxy) is 1. The Bertz CT molecular complexity index is 1130. The van der Waals surface area contributed by atoms with Crippen LogP contribution in [-0.4, -0.2) is 38.3 Å². The van der Waals surface area contributed by atoms with E-state index in [1.54, 1.807) is 0 Å². The zero-order valence-electron chi connectivity index (χ0n) is 19.1. The van der Waals surface area contributed by atoms with Gasteiger partial charge in [-0.1, -0.05) is 0 Å². The van der Waals surface area contributed by atoms with Crippen LogP contribution in [0.25, 0.3) is 0 Å². The molecule has 6 fully saturated rings. The molecule has 1 saturated heterocycles. The summed E-state index contributed by atoms with van der Waals surface area (Å²) in [4.78, 5) is 12.7. The highest BCUT2D eigenvalue weighted by atomic mass is 32.2. The van der Waals surface area contributed by atoms with E-state index >= 15 is 4.39 Å². The van der Waals surface area contributed by atoms with E-state index in [1.807, 2.05) is 10.8 Å². The molecule has 4 bridgehead atoms. The Morgan fingerprint density at radius 1 is 1.15 bits per heavy atom. The van der Waals surface area contributed by atoms with Crippen molar-refractivity contribution in [2.75, 3.05) is 19.7 Å². The lowest BCUT2D eigenvalue weighted by molar-refractivity contribution is -0.0747. The molecule has 0 atom stereocenters. The highest BCUT2D eigenvalue weighted by Gasteiger charge is 2.51. The monoisotopic (exact) mass is 487 g/mol. The van der Waals surface area contributed by atoms with Gasteiger partial charge in [-0.3, -0.25) is 4.79 Å². The number of carbonyl (C=O) groups excluding carboxylic acids is 1. The third kappa shape index (κ3) is 3.99. The fourth-order valence-corrected chi connectivity index (χ4v) is 8.46. The molecule has 1 amide bonds. The van der Waals surface area contributed by atoms with Gasteiger partial charge in [0.25, 0.3) is 5.91 Å². The second kappa shape index (κ2) is 7.92. The smallest absolute Gasteiger partial charge is 0.304 e. The van der Waals surface area contributed by atoms with E-state index in [9.17, 15) is 13.2 Å². The van der Waals surface area contributed by atoms with Gasteiger partial charge in [-0.2, -0.15) is 18.0 Å². The fourth-order valence-electron chi connectivity index (χ4n) is 7.23. The summed E-state index contributed by atoms with van der Waals surface area (Å²) in [7, 11) is -4.11. The van der Waals surface area contributed by atoms with Crippen molar-refractivity contribution in [3.05, 3.63) is 29.1 Å². The van der Waals surface area contributed by atoms with Gasteiger partial charge >= 0.3 is 10.2 Å². The predicted molar refractivity (Wildman–Crippen MR) is 122 cm³/mol. The molecule has 7 nitrogen and oxygen atoms in total. The summed E-state index contributed by atoms with van der Waals surface area (Å²) in [6.45, 7) is 0.655. The summed E-state index contributed by atoms with van der Waals surface area (Å²) in [5.74, 6) is 0.961. The van der Waals surface area contributed by atoms with Crippen molar-refractivity contribution in [2.24, 2.45) is 29.1 Å². The van der Waals surface area contributed by atoms with Gasteiger partial charge in [0.15, 0.2) is 0 Å². The van der Waals surface area contributed by atoms with Crippen molar-refractivity contribution in [1.29, 1.82) is 5.26 Å². The summed E-state index contributed by atoms with van der Waals surface area (Å²) >= 11 is 0. The Morgan fingerprint density at radius 2 is 1.76 bits per heavy atom. The lowest BCUT2D eigenvalue weighted by atomic mass is 9.50. The normalized spacial score (nSPS) is 32.8. The Labute approximate surface area is 199 Å². The molecule has 0 spiro atoms. The molecule has 1 aliphatic heterocycles. The highest BCUT2D eigenvalue weighted by Crippen LogP contribution is 2.60. The maximum atomic E-state index is 15.0. The van der Waals surface area contributed by atoms with Crippen LogP contribution in [-0.2, 0) is 10.2 Å². The van der Waals surface area contributed by atoms with Crippen LogP contribution in [0.4, 0.5) is 4.39 Å². The van der Waals surface area contributed by atoms with Crippen LogP contribution in [0.1, 0.15) is 73.2 Å². The molecular weight excluding hydrogens is 457 g/mol. The number of benzene rings is 1. The van der Waals surface area contributed by atoms with E-state index in [4.69, 9.17) is 10.00 Å². The molecule has 1 heterocycles. The largest absolute Gasteiger partial charge is 0.493 e. The molecule has 1 N–H and O–H groups in total. The predicted octanol–water partition coefficient (Wildman–Crippen LogP) is 3.73. The number of halogens is 1. The van der Waals surface area contributed by atoms with Crippen LogP contribution >= 0.6 is 0 Å². The molecular formula is C25H30FN3O4S. The van der Waals surface area contributed by atoms with Crippen LogP contribution in [0.15, 0.2) is 12.1 Å². The maximum absolute atomic E-state index is 15.0. The summed E-state index contributed by atoms with van der Waals surface area (Å²) in [6.07, 6.45) is 9.53. The first-order valence-electron chi connectivity index (χ1n) is 12.4. The SMILES string of the molecule is N#CC1CN(S(=O)(=O)NC(=O)c2cc(C3CC3)c(OCC34CC5CC(CC(C5)C3)C4)cc2F)C1. The van der Waals surface area contributed by atoms with E-state index in [1.165, 1.54) is 50.7 Å². The van der Waals surface area contributed by atoms with Gasteiger partial charge < -0.3 is 4.74 Å². The Kier molecular flexibility index (Phi) is 5.19. The van der Waals surface area contributed by atoms with E-state index in [0.29, 0.717) is 12.4 Å². The van der Waals surface area contributed by atoms with Crippen LogP contribution in [0.5, 0.6) is 5.75 Å². The molecule has 5 saturated carbocycles. The quantitative estimate of drug-likeness (QED) is 0.632. The first kappa shape index (κ1) is 22.3. The summed E-state index contributed by atoms with van der Waals surface area (Å²) in [5.41, 5.74) is 0.696. The van der Waals surface area contributed by atoms with E-state index in [2.05, 4.69) is 0 Å². The molecule has 0 aromatic heterocycles. The molecule has 34 heavy (non-hydrogen) atoms. The molecule has 0 unspecified atom stereocenters. The summed E-state index contributed by atoms with van der Waals surface area (Å²) < 4.78 is 49.1. The number of nitrogens with one attached hydrogen (secondary N) is 1. The molecule has 5 aliphatic carbocycles. The minimum atomic E-state index is -4.11. The minimum Gasteiger partial charge on any atom is -0.493 e. The van der Waals surface area contributed by atoms with Crippen molar-refractivity contribution in [1.82, 2.24) is 9.03 Å². The van der Waals surface area contributed by atoms with Crippen molar-refractivity contribution in [3.63, 3.8) is 0 Å². The Hall–Kier alpha value is -2.18.